The normalized spacial score (nSPS) is 18.8. The lowest BCUT2D eigenvalue weighted by atomic mass is 9.98. The van der Waals surface area contributed by atoms with Crippen LogP contribution in [0.5, 0.6) is 11.5 Å². The second kappa shape index (κ2) is 7.06. The Kier molecular flexibility index (Phi) is 4.63. The van der Waals surface area contributed by atoms with Crippen LogP contribution in [0.2, 0.25) is 0 Å². The molecular formula is C19H22N2O3S. The molecule has 1 amide bonds. The highest BCUT2D eigenvalue weighted by Gasteiger charge is 2.28. The number of hydrogen-bond donors (Lipinski definition) is 1. The summed E-state index contributed by atoms with van der Waals surface area (Å²) >= 11 is 1.83. The molecule has 0 bridgehead atoms. The van der Waals surface area contributed by atoms with E-state index < -0.39 is 0 Å². The maximum absolute atomic E-state index is 12.4. The molecule has 25 heavy (non-hydrogen) atoms. The first-order valence-corrected chi connectivity index (χ1v) is 9.58. The third kappa shape index (κ3) is 3.37. The fourth-order valence-corrected chi connectivity index (χ4v) is 4.54. The third-order valence-electron chi connectivity index (χ3n) is 4.87. The summed E-state index contributed by atoms with van der Waals surface area (Å²) in [6.07, 6.45) is 2.07. The topological polar surface area (TPSA) is 50.8 Å². The van der Waals surface area contributed by atoms with E-state index in [0.29, 0.717) is 19.1 Å². The van der Waals surface area contributed by atoms with E-state index in [9.17, 15) is 4.79 Å². The van der Waals surface area contributed by atoms with Gasteiger partial charge in [0.1, 0.15) is 0 Å². The lowest BCUT2D eigenvalue weighted by Gasteiger charge is -2.34. The van der Waals surface area contributed by atoms with Crippen LogP contribution in [0.1, 0.15) is 35.4 Å². The molecule has 1 aromatic heterocycles. The number of carbonyl (C=O) groups excluding carboxylic acids is 1. The number of benzene rings is 1. The van der Waals surface area contributed by atoms with Gasteiger partial charge in [-0.1, -0.05) is 13.0 Å². The van der Waals surface area contributed by atoms with Crippen molar-refractivity contribution >= 4 is 17.2 Å². The summed E-state index contributed by atoms with van der Waals surface area (Å²) in [4.78, 5) is 16.2. The third-order valence-corrected chi connectivity index (χ3v) is 5.86. The van der Waals surface area contributed by atoms with Gasteiger partial charge in [0, 0.05) is 24.0 Å². The first kappa shape index (κ1) is 16.4. The van der Waals surface area contributed by atoms with E-state index in [1.807, 2.05) is 29.5 Å². The Morgan fingerprint density at radius 2 is 2.20 bits per heavy atom. The van der Waals surface area contributed by atoms with Crippen LogP contribution in [-0.2, 0) is 17.8 Å². The minimum atomic E-state index is 0.0646. The molecule has 0 unspecified atom stereocenters. The lowest BCUT2D eigenvalue weighted by molar-refractivity contribution is -0.123. The molecule has 0 aliphatic carbocycles. The zero-order chi connectivity index (χ0) is 17.2. The molecule has 1 aromatic carbocycles. The van der Waals surface area contributed by atoms with Gasteiger partial charge in [-0.15, -0.1) is 11.3 Å². The van der Waals surface area contributed by atoms with E-state index >= 15 is 0 Å². The van der Waals surface area contributed by atoms with Gasteiger partial charge in [-0.25, -0.2) is 0 Å². The van der Waals surface area contributed by atoms with Gasteiger partial charge in [0.2, 0.25) is 12.7 Å². The number of thiophene rings is 1. The average Bonchev–Trinajstić information content (AvgIpc) is 3.28. The maximum atomic E-state index is 12.4. The van der Waals surface area contributed by atoms with E-state index in [-0.39, 0.29) is 12.7 Å². The number of hydrogen-bond acceptors (Lipinski definition) is 5. The smallest absolute Gasteiger partial charge is 0.234 e. The van der Waals surface area contributed by atoms with Crippen LogP contribution in [-0.4, -0.2) is 30.7 Å². The first-order valence-electron chi connectivity index (χ1n) is 8.70. The van der Waals surface area contributed by atoms with Crippen molar-refractivity contribution in [1.82, 2.24) is 10.2 Å². The summed E-state index contributed by atoms with van der Waals surface area (Å²) in [6.45, 7) is 4.35. The van der Waals surface area contributed by atoms with E-state index in [1.54, 1.807) is 0 Å². The van der Waals surface area contributed by atoms with Crippen LogP contribution in [0.15, 0.2) is 29.6 Å². The molecule has 4 rings (SSSR count). The van der Waals surface area contributed by atoms with Crippen LogP contribution >= 0.6 is 11.3 Å². The molecule has 0 saturated carbocycles. The van der Waals surface area contributed by atoms with Gasteiger partial charge in [-0.05, 0) is 47.5 Å². The highest BCUT2D eigenvalue weighted by Crippen LogP contribution is 2.35. The van der Waals surface area contributed by atoms with Crippen LogP contribution < -0.4 is 14.8 Å². The van der Waals surface area contributed by atoms with Gasteiger partial charge in [-0.3, -0.25) is 9.69 Å². The Balaban J connectivity index is 1.34. The van der Waals surface area contributed by atoms with Crippen molar-refractivity contribution in [2.75, 3.05) is 19.9 Å². The number of nitrogens with zero attached hydrogens (tertiary/aromatic N) is 1. The quantitative estimate of drug-likeness (QED) is 0.892. The highest BCUT2D eigenvalue weighted by molar-refractivity contribution is 7.10. The molecule has 2 aliphatic rings. The number of rotatable bonds is 5. The summed E-state index contributed by atoms with van der Waals surface area (Å²) in [6, 6.07) is 8.34. The van der Waals surface area contributed by atoms with Crippen LogP contribution in [0.25, 0.3) is 0 Å². The zero-order valence-electron chi connectivity index (χ0n) is 14.3. The highest BCUT2D eigenvalue weighted by atomic mass is 32.1. The van der Waals surface area contributed by atoms with Crippen LogP contribution in [0, 0.1) is 0 Å². The number of amides is 1. The van der Waals surface area contributed by atoms with Crippen molar-refractivity contribution in [3.63, 3.8) is 0 Å². The summed E-state index contributed by atoms with van der Waals surface area (Å²) in [5.74, 6) is 1.58. The molecular weight excluding hydrogens is 336 g/mol. The minimum Gasteiger partial charge on any atom is -0.454 e. The predicted molar refractivity (Wildman–Crippen MR) is 97.0 cm³/mol. The number of ether oxygens (including phenoxy) is 2. The van der Waals surface area contributed by atoms with Gasteiger partial charge in [0.25, 0.3) is 0 Å². The minimum absolute atomic E-state index is 0.0646. The average molecular weight is 358 g/mol. The molecule has 0 spiro atoms. The molecule has 2 aromatic rings. The molecule has 0 fully saturated rings. The molecule has 132 valence electrons. The van der Waals surface area contributed by atoms with E-state index in [2.05, 4.69) is 28.6 Å². The molecule has 1 N–H and O–H groups in total. The summed E-state index contributed by atoms with van der Waals surface area (Å²) < 4.78 is 10.7. The predicted octanol–water partition coefficient (Wildman–Crippen LogP) is 3.10. The molecule has 2 aliphatic heterocycles. The molecule has 5 nitrogen and oxygen atoms in total. The van der Waals surface area contributed by atoms with Crippen molar-refractivity contribution in [3.8, 4) is 11.5 Å². The van der Waals surface area contributed by atoms with E-state index in [4.69, 9.17) is 9.47 Å². The monoisotopic (exact) mass is 358 g/mol. The van der Waals surface area contributed by atoms with Crippen LogP contribution in [0.3, 0.4) is 0 Å². The fourth-order valence-electron chi connectivity index (χ4n) is 3.61. The van der Waals surface area contributed by atoms with Crippen molar-refractivity contribution in [1.29, 1.82) is 0 Å². The van der Waals surface area contributed by atoms with Gasteiger partial charge in [-0.2, -0.15) is 0 Å². The van der Waals surface area contributed by atoms with Gasteiger partial charge < -0.3 is 14.8 Å². The fraction of sp³-hybridized carbons (Fsp3) is 0.421. The molecule has 0 radical (unpaired) electrons. The Hall–Kier alpha value is -2.05. The Labute approximate surface area is 151 Å². The van der Waals surface area contributed by atoms with Gasteiger partial charge in [0.15, 0.2) is 11.5 Å². The second-order valence-corrected chi connectivity index (χ2v) is 7.41. The van der Waals surface area contributed by atoms with Gasteiger partial charge >= 0.3 is 0 Å². The largest absolute Gasteiger partial charge is 0.454 e. The molecule has 6 heteroatoms. The Bertz CT molecular complexity index is 774. The van der Waals surface area contributed by atoms with Crippen molar-refractivity contribution in [3.05, 3.63) is 45.6 Å². The van der Waals surface area contributed by atoms with Crippen LogP contribution in [0.4, 0.5) is 0 Å². The first-order chi connectivity index (χ1) is 12.2. The SMILES string of the molecule is CC[C@H]1c2ccsc2CCN1CC(=O)NCc1ccc2c(c1)OCO2. The summed E-state index contributed by atoms with van der Waals surface area (Å²) in [7, 11) is 0. The number of carbonyl (C=O) groups is 1. The second-order valence-electron chi connectivity index (χ2n) is 6.41. The number of fused-ring (bicyclic) bond motifs is 2. The molecule has 0 saturated heterocycles. The number of nitrogens with one attached hydrogen (secondary N) is 1. The van der Waals surface area contributed by atoms with Crippen molar-refractivity contribution in [2.45, 2.75) is 32.4 Å². The Morgan fingerprint density at radius 1 is 1.32 bits per heavy atom. The van der Waals surface area contributed by atoms with E-state index in [0.717, 1.165) is 36.4 Å². The summed E-state index contributed by atoms with van der Waals surface area (Å²) in [5, 5.41) is 5.19. The van der Waals surface area contributed by atoms with Crippen molar-refractivity contribution < 1.29 is 14.3 Å². The van der Waals surface area contributed by atoms with Gasteiger partial charge in [0.05, 0.1) is 6.54 Å². The lowest BCUT2D eigenvalue weighted by Crippen LogP contribution is -2.42. The molecule has 1 atom stereocenters. The van der Waals surface area contributed by atoms with E-state index in [1.165, 1.54) is 10.4 Å². The molecule has 3 heterocycles. The zero-order valence-corrected chi connectivity index (χ0v) is 15.1. The Morgan fingerprint density at radius 3 is 3.08 bits per heavy atom. The maximum Gasteiger partial charge on any atom is 0.234 e. The summed E-state index contributed by atoms with van der Waals surface area (Å²) in [5.41, 5.74) is 2.42. The standard InChI is InChI=1S/C19H22N2O3S/c1-2-15-14-6-8-25-18(14)5-7-21(15)11-19(22)20-10-13-3-4-16-17(9-13)24-12-23-16/h3-4,6,8-9,15H,2,5,7,10-12H2,1H3,(H,20,22)/t15-/m0/s1. The van der Waals surface area contributed by atoms with Crippen molar-refractivity contribution in [2.24, 2.45) is 0 Å².